The van der Waals surface area contributed by atoms with Gasteiger partial charge < -0.3 is 16.4 Å². The van der Waals surface area contributed by atoms with Crippen LogP contribution in [-0.4, -0.2) is 36.7 Å². The monoisotopic (exact) mass is 415 g/mol. The van der Waals surface area contributed by atoms with Crippen molar-refractivity contribution in [3.63, 3.8) is 0 Å². The average Bonchev–Trinajstić information content (AvgIpc) is 3.06. The Balaban J connectivity index is 1.50. The minimum absolute atomic E-state index is 0.0390. The number of carbonyl (C=O) groups excluding carboxylic acids is 3. The summed E-state index contributed by atoms with van der Waals surface area (Å²) in [6, 6.07) is 10.1. The summed E-state index contributed by atoms with van der Waals surface area (Å²) in [6.45, 7) is 2.88. The Bertz CT molecular complexity index is 678. The van der Waals surface area contributed by atoms with Crippen molar-refractivity contribution in [1.29, 1.82) is 0 Å². The normalized spacial score (nSPS) is 19.3. The number of nitrogens with one attached hydrogen (secondary N) is 2. The molecule has 1 fully saturated rings. The molecule has 6 heteroatoms. The summed E-state index contributed by atoms with van der Waals surface area (Å²) in [5.41, 5.74) is 6.87. The second kappa shape index (κ2) is 13.2. The van der Waals surface area contributed by atoms with Crippen LogP contribution < -0.4 is 16.4 Å². The summed E-state index contributed by atoms with van der Waals surface area (Å²) in [5.74, 6) is 0.581. The highest BCUT2D eigenvalue weighted by molar-refractivity contribution is 5.80. The third-order valence-electron chi connectivity index (χ3n) is 5.99. The van der Waals surface area contributed by atoms with Crippen molar-refractivity contribution in [2.75, 3.05) is 13.1 Å². The van der Waals surface area contributed by atoms with Crippen LogP contribution in [0.5, 0.6) is 0 Å². The lowest BCUT2D eigenvalue weighted by molar-refractivity contribution is -0.125. The maximum Gasteiger partial charge on any atom is 0.224 e. The summed E-state index contributed by atoms with van der Waals surface area (Å²) in [4.78, 5) is 35.7. The van der Waals surface area contributed by atoms with Crippen LogP contribution in [0.4, 0.5) is 0 Å². The molecule has 4 N–H and O–H groups in total. The number of benzene rings is 1. The van der Waals surface area contributed by atoms with E-state index in [4.69, 9.17) is 5.73 Å². The fourth-order valence-corrected chi connectivity index (χ4v) is 4.05. The number of nitrogens with two attached hydrogens (primary N) is 1. The molecule has 0 bridgehead atoms. The molecule has 0 saturated carbocycles. The Hall–Kier alpha value is -2.21. The first-order valence-electron chi connectivity index (χ1n) is 11.3. The van der Waals surface area contributed by atoms with E-state index < -0.39 is 0 Å². The molecule has 1 aromatic rings. The van der Waals surface area contributed by atoms with E-state index in [-0.39, 0.29) is 29.6 Å². The molecule has 0 aliphatic carbocycles. The van der Waals surface area contributed by atoms with Crippen molar-refractivity contribution in [3.8, 4) is 0 Å². The molecule has 1 aliphatic heterocycles. The number of carbonyl (C=O) groups is 3. The van der Waals surface area contributed by atoms with Crippen molar-refractivity contribution in [3.05, 3.63) is 35.9 Å². The predicted molar refractivity (Wildman–Crippen MR) is 119 cm³/mol. The molecule has 1 aliphatic rings. The van der Waals surface area contributed by atoms with Crippen LogP contribution >= 0.6 is 0 Å². The van der Waals surface area contributed by atoms with Crippen LogP contribution in [0.1, 0.15) is 63.9 Å². The smallest absolute Gasteiger partial charge is 0.224 e. The van der Waals surface area contributed by atoms with E-state index in [9.17, 15) is 14.4 Å². The lowest BCUT2D eigenvalue weighted by Crippen LogP contribution is -2.36. The van der Waals surface area contributed by atoms with E-state index in [1.165, 1.54) is 0 Å². The molecule has 2 rings (SSSR count). The van der Waals surface area contributed by atoms with E-state index in [2.05, 4.69) is 17.6 Å². The Morgan fingerprint density at radius 3 is 2.53 bits per heavy atom. The van der Waals surface area contributed by atoms with Gasteiger partial charge in [-0.2, -0.15) is 0 Å². The van der Waals surface area contributed by atoms with Gasteiger partial charge in [-0.05, 0) is 44.1 Å². The molecule has 0 spiro atoms. The molecular weight excluding hydrogens is 378 g/mol. The van der Waals surface area contributed by atoms with Crippen molar-refractivity contribution in [2.45, 2.75) is 70.8 Å². The van der Waals surface area contributed by atoms with Crippen molar-refractivity contribution in [1.82, 2.24) is 10.6 Å². The molecule has 0 radical (unpaired) electrons. The largest absolute Gasteiger partial charge is 0.356 e. The number of ketones is 1. The number of rotatable bonds is 14. The van der Waals surface area contributed by atoms with E-state index in [1.54, 1.807) is 0 Å². The maximum absolute atomic E-state index is 12.3. The Labute approximate surface area is 180 Å². The summed E-state index contributed by atoms with van der Waals surface area (Å²) in [7, 11) is 0. The number of Topliss-reactive ketones (excluding diaryl/α,β-unsaturated/α-hetero) is 1. The van der Waals surface area contributed by atoms with Crippen LogP contribution in [0.3, 0.4) is 0 Å². The van der Waals surface area contributed by atoms with Crippen molar-refractivity contribution >= 4 is 17.6 Å². The molecule has 6 nitrogen and oxygen atoms in total. The molecule has 2 amide bonds. The number of amides is 2. The van der Waals surface area contributed by atoms with Gasteiger partial charge in [0, 0.05) is 38.4 Å². The van der Waals surface area contributed by atoms with Gasteiger partial charge in [0.1, 0.15) is 5.78 Å². The minimum atomic E-state index is -0.240. The standard InChI is InChI=1S/C24H37N3O3/c1-18-20(16-23(29)27-18)11-6-3-7-12-22(28)13-8-14-26-24(30)21(17-25)15-19-9-4-2-5-10-19/h2,4-5,9-10,18,20-21H,3,6-8,11-17,25H2,1H3,(H,26,30)(H,27,29)/t18-,20-,21-/m1/s1. The van der Waals surface area contributed by atoms with Crippen LogP contribution in [0.25, 0.3) is 0 Å². The molecule has 1 saturated heterocycles. The number of hydrogen-bond donors (Lipinski definition) is 3. The fraction of sp³-hybridized carbons (Fsp3) is 0.625. The Morgan fingerprint density at radius 1 is 1.13 bits per heavy atom. The van der Waals surface area contributed by atoms with Crippen LogP contribution in [0, 0.1) is 11.8 Å². The Kier molecular flexibility index (Phi) is 10.6. The molecule has 0 unspecified atom stereocenters. The van der Waals surface area contributed by atoms with Gasteiger partial charge in [-0.15, -0.1) is 0 Å². The highest BCUT2D eigenvalue weighted by atomic mass is 16.2. The molecule has 0 aromatic heterocycles. The van der Waals surface area contributed by atoms with Crippen molar-refractivity contribution < 1.29 is 14.4 Å². The average molecular weight is 416 g/mol. The SMILES string of the molecule is C[C@H]1NC(=O)C[C@H]1CCCCCC(=O)CCCNC(=O)[C@@H](CN)Cc1ccccc1. The summed E-state index contributed by atoms with van der Waals surface area (Å²) in [6.07, 6.45) is 7.09. The first-order valence-corrected chi connectivity index (χ1v) is 11.3. The quantitative estimate of drug-likeness (QED) is 0.407. The first kappa shape index (κ1) is 24.1. The van der Waals surface area contributed by atoms with Crippen LogP contribution in [0.15, 0.2) is 30.3 Å². The molecule has 166 valence electrons. The summed E-state index contributed by atoms with van der Waals surface area (Å²) in [5, 5.41) is 5.88. The third kappa shape index (κ3) is 8.66. The number of unbranched alkanes of at least 4 members (excludes halogenated alkanes) is 2. The van der Waals surface area contributed by atoms with E-state index in [0.29, 0.717) is 51.1 Å². The van der Waals surface area contributed by atoms with E-state index in [0.717, 1.165) is 31.2 Å². The zero-order valence-electron chi connectivity index (χ0n) is 18.2. The molecule has 1 heterocycles. The molecule has 30 heavy (non-hydrogen) atoms. The van der Waals surface area contributed by atoms with E-state index >= 15 is 0 Å². The lowest BCUT2D eigenvalue weighted by Gasteiger charge is -2.15. The Morgan fingerprint density at radius 2 is 1.87 bits per heavy atom. The molecular formula is C24H37N3O3. The van der Waals surface area contributed by atoms with Gasteiger partial charge in [-0.3, -0.25) is 14.4 Å². The highest BCUT2D eigenvalue weighted by Crippen LogP contribution is 2.23. The van der Waals surface area contributed by atoms with Gasteiger partial charge in [-0.1, -0.05) is 43.2 Å². The summed E-state index contributed by atoms with van der Waals surface area (Å²) >= 11 is 0. The van der Waals surface area contributed by atoms with Gasteiger partial charge >= 0.3 is 0 Å². The van der Waals surface area contributed by atoms with Crippen LogP contribution in [-0.2, 0) is 20.8 Å². The van der Waals surface area contributed by atoms with Gasteiger partial charge in [0.2, 0.25) is 11.8 Å². The third-order valence-corrected chi connectivity index (χ3v) is 5.99. The topological polar surface area (TPSA) is 101 Å². The van der Waals surface area contributed by atoms with Crippen LogP contribution in [0.2, 0.25) is 0 Å². The first-order chi connectivity index (χ1) is 14.5. The predicted octanol–water partition coefficient (Wildman–Crippen LogP) is 2.74. The van der Waals surface area contributed by atoms with E-state index in [1.807, 2.05) is 30.3 Å². The van der Waals surface area contributed by atoms with Gasteiger partial charge in [-0.25, -0.2) is 0 Å². The zero-order chi connectivity index (χ0) is 21.8. The maximum atomic E-state index is 12.3. The second-order valence-corrected chi connectivity index (χ2v) is 8.48. The summed E-state index contributed by atoms with van der Waals surface area (Å²) < 4.78 is 0. The molecule has 1 aromatic carbocycles. The highest BCUT2D eigenvalue weighted by Gasteiger charge is 2.27. The zero-order valence-corrected chi connectivity index (χ0v) is 18.2. The number of hydrogen-bond acceptors (Lipinski definition) is 4. The lowest BCUT2D eigenvalue weighted by atomic mass is 9.94. The van der Waals surface area contributed by atoms with Gasteiger partial charge in [0.15, 0.2) is 0 Å². The van der Waals surface area contributed by atoms with Gasteiger partial charge in [0.05, 0.1) is 5.92 Å². The minimum Gasteiger partial charge on any atom is -0.356 e. The molecule has 3 atom stereocenters. The fourth-order valence-electron chi connectivity index (χ4n) is 4.05. The van der Waals surface area contributed by atoms with Gasteiger partial charge in [0.25, 0.3) is 0 Å². The van der Waals surface area contributed by atoms with Crippen molar-refractivity contribution in [2.24, 2.45) is 17.6 Å². The second-order valence-electron chi connectivity index (χ2n) is 8.48.